The van der Waals surface area contributed by atoms with Crippen LogP contribution in [0.25, 0.3) is 0 Å². The van der Waals surface area contributed by atoms with E-state index in [9.17, 15) is 0 Å². The summed E-state index contributed by atoms with van der Waals surface area (Å²) in [5.41, 5.74) is 4.33. The van der Waals surface area contributed by atoms with E-state index in [2.05, 4.69) is 44.3 Å². The van der Waals surface area contributed by atoms with Gasteiger partial charge in [0, 0.05) is 6.04 Å². The number of hydrogen-bond acceptors (Lipinski definition) is 1. The van der Waals surface area contributed by atoms with Gasteiger partial charge in [-0.1, -0.05) is 30.7 Å². The first-order chi connectivity index (χ1) is 7.65. The normalized spacial score (nSPS) is 25.7. The highest BCUT2D eigenvalue weighted by atomic mass is 14.9. The molecule has 0 spiro atoms. The van der Waals surface area contributed by atoms with Crippen molar-refractivity contribution in [3.63, 3.8) is 0 Å². The highest BCUT2D eigenvalue weighted by Gasteiger charge is 2.18. The Kier molecular flexibility index (Phi) is 3.65. The molecule has 1 aromatic carbocycles. The van der Waals surface area contributed by atoms with Crippen LogP contribution in [0.4, 0.5) is 0 Å². The molecule has 1 heterocycles. The molecule has 0 bridgehead atoms. The van der Waals surface area contributed by atoms with Crippen LogP contribution in [-0.2, 0) is 6.42 Å². The molecule has 1 N–H and O–H groups in total. The van der Waals surface area contributed by atoms with Gasteiger partial charge in [0.15, 0.2) is 0 Å². The summed E-state index contributed by atoms with van der Waals surface area (Å²) in [5.74, 6) is 0.886. The van der Waals surface area contributed by atoms with Crippen LogP contribution in [0.3, 0.4) is 0 Å². The zero-order valence-corrected chi connectivity index (χ0v) is 10.7. The Balaban J connectivity index is 2.05. The molecule has 0 amide bonds. The number of benzene rings is 1. The molecule has 0 radical (unpaired) electrons. The Morgan fingerprint density at radius 3 is 2.88 bits per heavy atom. The van der Waals surface area contributed by atoms with Crippen molar-refractivity contribution in [1.82, 2.24) is 5.32 Å². The predicted octanol–water partition coefficient (Wildman–Crippen LogP) is 3.23. The van der Waals surface area contributed by atoms with Crippen LogP contribution in [0.1, 0.15) is 36.5 Å². The summed E-state index contributed by atoms with van der Waals surface area (Å²) in [4.78, 5) is 0. The third-order valence-electron chi connectivity index (χ3n) is 3.73. The monoisotopic (exact) mass is 217 g/mol. The van der Waals surface area contributed by atoms with Crippen molar-refractivity contribution < 1.29 is 0 Å². The number of rotatable bonds is 2. The van der Waals surface area contributed by atoms with Gasteiger partial charge in [-0.15, -0.1) is 0 Å². The molecule has 2 rings (SSSR count). The Bertz CT molecular complexity index is 356. The minimum absolute atomic E-state index is 0.684. The second-order valence-corrected chi connectivity index (χ2v) is 5.41. The van der Waals surface area contributed by atoms with Gasteiger partial charge in [0.2, 0.25) is 0 Å². The fraction of sp³-hybridized carbons (Fsp3) is 0.600. The second-order valence-electron chi connectivity index (χ2n) is 5.41. The Hall–Kier alpha value is -0.820. The molecular formula is C15H23N. The first-order valence-corrected chi connectivity index (χ1v) is 6.44. The van der Waals surface area contributed by atoms with Crippen molar-refractivity contribution in [2.75, 3.05) is 6.54 Å². The molecule has 88 valence electrons. The average Bonchev–Trinajstić information content (AvgIpc) is 2.24. The molecule has 1 aliphatic heterocycles. The van der Waals surface area contributed by atoms with Crippen molar-refractivity contribution in [1.29, 1.82) is 0 Å². The van der Waals surface area contributed by atoms with Crippen molar-refractivity contribution in [3.8, 4) is 0 Å². The summed E-state index contributed by atoms with van der Waals surface area (Å²) in [6.07, 6.45) is 3.86. The van der Waals surface area contributed by atoms with Gasteiger partial charge in [0.1, 0.15) is 0 Å². The Labute approximate surface area is 99.3 Å². The van der Waals surface area contributed by atoms with Crippen LogP contribution in [-0.4, -0.2) is 12.6 Å². The van der Waals surface area contributed by atoms with E-state index in [1.165, 1.54) is 42.5 Å². The zero-order chi connectivity index (χ0) is 11.5. The topological polar surface area (TPSA) is 12.0 Å². The number of piperidine rings is 1. The van der Waals surface area contributed by atoms with Gasteiger partial charge in [-0.05, 0) is 56.7 Å². The summed E-state index contributed by atoms with van der Waals surface area (Å²) in [7, 11) is 0. The lowest BCUT2D eigenvalue weighted by Gasteiger charge is -2.28. The molecule has 1 nitrogen and oxygen atoms in total. The maximum absolute atomic E-state index is 3.64. The van der Waals surface area contributed by atoms with Gasteiger partial charge >= 0.3 is 0 Å². The zero-order valence-electron chi connectivity index (χ0n) is 10.7. The molecule has 16 heavy (non-hydrogen) atoms. The van der Waals surface area contributed by atoms with Gasteiger partial charge in [-0.2, -0.15) is 0 Å². The highest BCUT2D eigenvalue weighted by molar-refractivity contribution is 5.31. The molecule has 2 unspecified atom stereocenters. The van der Waals surface area contributed by atoms with Gasteiger partial charge in [0.05, 0.1) is 0 Å². The van der Waals surface area contributed by atoms with E-state index in [4.69, 9.17) is 0 Å². The van der Waals surface area contributed by atoms with Crippen LogP contribution in [0.5, 0.6) is 0 Å². The van der Waals surface area contributed by atoms with Crippen molar-refractivity contribution in [3.05, 3.63) is 34.9 Å². The van der Waals surface area contributed by atoms with E-state index < -0.39 is 0 Å². The van der Waals surface area contributed by atoms with Crippen LogP contribution in [0, 0.1) is 19.8 Å². The third kappa shape index (κ3) is 2.85. The van der Waals surface area contributed by atoms with Crippen LogP contribution in [0.2, 0.25) is 0 Å². The Morgan fingerprint density at radius 2 is 2.12 bits per heavy atom. The lowest BCUT2D eigenvalue weighted by Crippen LogP contribution is -2.38. The van der Waals surface area contributed by atoms with Gasteiger partial charge in [-0.3, -0.25) is 0 Å². The lowest BCUT2D eigenvalue weighted by atomic mass is 9.89. The first-order valence-electron chi connectivity index (χ1n) is 6.44. The molecule has 0 aliphatic carbocycles. The first kappa shape index (κ1) is 11.7. The van der Waals surface area contributed by atoms with Gasteiger partial charge < -0.3 is 5.32 Å². The van der Waals surface area contributed by atoms with Crippen molar-refractivity contribution in [2.45, 2.75) is 46.1 Å². The summed E-state index contributed by atoms with van der Waals surface area (Å²) in [5, 5.41) is 3.64. The molecule has 1 aliphatic rings. The van der Waals surface area contributed by atoms with Crippen LogP contribution >= 0.6 is 0 Å². The number of aryl methyl sites for hydroxylation is 2. The summed E-state index contributed by atoms with van der Waals surface area (Å²) in [6, 6.07) is 7.48. The smallest absolute Gasteiger partial charge is 0.0110 e. The van der Waals surface area contributed by atoms with Gasteiger partial charge in [-0.25, -0.2) is 0 Å². The number of hydrogen-bond donors (Lipinski definition) is 1. The maximum atomic E-state index is 3.64. The maximum Gasteiger partial charge on any atom is 0.0110 e. The Morgan fingerprint density at radius 1 is 1.31 bits per heavy atom. The van der Waals surface area contributed by atoms with E-state index in [-0.39, 0.29) is 0 Å². The molecular weight excluding hydrogens is 194 g/mol. The molecule has 0 saturated carbocycles. The van der Waals surface area contributed by atoms with E-state index >= 15 is 0 Å². The highest BCUT2D eigenvalue weighted by Crippen LogP contribution is 2.20. The summed E-state index contributed by atoms with van der Waals surface area (Å²) < 4.78 is 0. The molecule has 1 heteroatoms. The molecule has 2 atom stereocenters. The minimum atomic E-state index is 0.684. The second kappa shape index (κ2) is 5.01. The SMILES string of the molecule is Cc1ccc(C)c(CC2CC(C)CCN2)c1. The largest absolute Gasteiger partial charge is 0.314 e. The van der Waals surface area contributed by atoms with Crippen molar-refractivity contribution in [2.24, 2.45) is 5.92 Å². The minimum Gasteiger partial charge on any atom is -0.314 e. The molecule has 0 aromatic heterocycles. The van der Waals surface area contributed by atoms with E-state index in [0.717, 1.165) is 5.92 Å². The fourth-order valence-corrected chi connectivity index (χ4v) is 2.66. The third-order valence-corrected chi connectivity index (χ3v) is 3.73. The van der Waals surface area contributed by atoms with Crippen molar-refractivity contribution >= 4 is 0 Å². The van der Waals surface area contributed by atoms with Crippen LogP contribution in [0.15, 0.2) is 18.2 Å². The quantitative estimate of drug-likeness (QED) is 0.802. The summed E-state index contributed by atoms with van der Waals surface area (Å²) in [6.45, 7) is 7.97. The lowest BCUT2D eigenvalue weighted by molar-refractivity contribution is 0.318. The predicted molar refractivity (Wildman–Crippen MR) is 69.8 cm³/mol. The fourth-order valence-electron chi connectivity index (χ4n) is 2.66. The summed E-state index contributed by atoms with van der Waals surface area (Å²) >= 11 is 0. The molecule has 1 saturated heterocycles. The van der Waals surface area contributed by atoms with E-state index in [0.29, 0.717) is 6.04 Å². The standard InChI is InChI=1S/C15H23N/c1-11-4-5-13(3)14(8-11)10-15-9-12(2)6-7-16-15/h4-5,8,12,15-16H,6-7,9-10H2,1-3H3. The van der Waals surface area contributed by atoms with E-state index in [1.54, 1.807) is 0 Å². The molecule has 1 fully saturated rings. The average molecular weight is 217 g/mol. The molecule has 1 aromatic rings. The van der Waals surface area contributed by atoms with Gasteiger partial charge in [0.25, 0.3) is 0 Å². The number of nitrogens with one attached hydrogen (secondary N) is 1. The van der Waals surface area contributed by atoms with Crippen LogP contribution < -0.4 is 5.32 Å². The van der Waals surface area contributed by atoms with E-state index in [1.807, 2.05) is 0 Å².